The Labute approximate surface area is 148 Å². The molecule has 24 heavy (non-hydrogen) atoms. The number of nitrogens with one attached hydrogen (secondary N) is 2. The highest BCUT2D eigenvalue weighted by molar-refractivity contribution is 7.80. The van der Waals surface area contributed by atoms with E-state index < -0.39 is 0 Å². The zero-order valence-electron chi connectivity index (χ0n) is 14.4. The van der Waals surface area contributed by atoms with E-state index in [0.29, 0.717) is 11.2 Å². The second-order valence-electron chi connectivity index (χ2n) is 6.38. The number of rotatable bonds is 3. The maximum Gasteiger partial charge on any atom is 0.170 e. The lowest BCUT2D eigenvalue weighted by Gasteiger charge is -2.28. The lowest BCUT2D eigenvalue weighted by molar-refractivity contribution is 0.122. The number of aromatic nitrogens is 1. The summed E-state index contributed by atoms with van der Waals surface area (Å²) in [6.45, 7) is 9.58. The molecule has 3 rings (SSSR count). The van der Waals surface area contributed by atoms with Crippen LogP contribution in [0.15, 0.2) is 24.3 Å². The van der Waals surface area contributed by atoms with Gasteiger partial charge in [-0.2, -0.15) is 0 Å². The standard InChI is InChI=1S/C18H24N4OS/c1-12(2)19-18(24)20-14-4-5-16-15(11-14)13(3)10-17(21-16)22-6-8-23-9-7-22/h4-5,10-12H,6-9H2,1-3H3,(H2,19,20,24). The summed E-state index contributed by atoms with van der Waals surface area (Å²) in [5.74, 6) is 1.03. The fourth-order valence-electron chi connectivity index (χ4n) is 2.84. The quantitative estimate of drug-likeness (QED) is 0.835. The molecular formula is C18H24N4OS. The highest BCUT2D eigenvalue weighted by Gasteiger charge is 2.14. The molecule has 0 aliphatic carbocycles. The third-order valence-electron chi connectivity index (χ3n) is 4.01. The topological polar surface area (TPSA) is 49.4 Å². The van der Waals surface area contributed by atoms with E-state index in [4.69, 9.17) is 21.9 Å². The highest BCUT2D eigenvalue weighted by atomic mass is 32.1. The summed E-state index contributed by atoms with van der Waals surface area (Å²) in [6.07, 6.45) is 0. The van der Waals surface area contributed by atoms with Gasteiger partial charge in [0, 0.05) is 30.2 Å². The first-order chi connectivity index (χ1) is 11.5. The minimum Gasteiger partial charge on any atom is -0.378 e. The average molecular weight is 344 g/mol. The van der Waals surface area contributed by atoms with Gasteiger partial charge in [0.1, 0.15) is 5.82 Å². The number of hydrogen-bond donors (Lipinski definition) is 2. The molecule has 6 heteroatoms. The summed E-state index contributed by atoms with van der Waals surface area (Å²) in [5.41, 5.74) is 3.20. The van der Waals surface area contributed by atoms with E-state index >= 15 is 0 Å². The summed E-state index contributed by atoms with van der Waals surface area (Å²) >= 11 is 5.32. The number of fused-ring (bicyclic) bond motifs is 1. The molecule has 1 saturated heterocycles. The molecule has 0 saturated carbocycles. The van der Waals surface area contributed by atoms with Gasteiger partial charge in [0.25, 0.3) is 0 Å². The molecule has 0 unspecified atom stereocenters. The first kappa shape index (κ1) is 16.9. The Morgan fingerprint density at radius 3 is 2.71 bits per heavy atom. The van der Waals surface area contributed by atoms with Gasteiger partial charge in [-0.1, -0.05) is 0 Å². The predicted molar refractivity (Wildman–Crippen MR) is 104 cm³/mol. The van der Waals surface area contributed by atoms with E-state index in [1.807, 2.05) is 12.1 Å². The van der Waals surface area contributed by atoms with Crippen LogP contribution in [0.25, 0.3) is 10.9 Å². The molecule has 0 amide bonds. The number of aryl methyl sites for hydroxylation is 1. The number of ether oxygens (including phenoxy) is 1. The van der Waals surface area contributed by atoms with Crippen molar-refractivity contribution in [2.24, 2.45) is 0 Å². The van der Waals surface area contributed by atoms with E-state index in [2.05, 4.69) is 48.4 Å². The Balaban J connectivity index is 1.85. The second-order valence-corrected chi connectivity index (χ2v) is 6.79. The van der Waals surface area contributed by atoms with Crippen LogP contribution in [0.2, 0.25) is 0 Å². The van der Waals surface area contributed by atoms with Gasteiger partial charge in [-0.05, 0) is 62.8 Å². The van der Waals surface area contributed by atoms with Crippen molar-refractivity contribution >= 4 is 39.7 Å². The average Bonchev–Trinajstić information content (AvgIpc) is 2.55. The lowest BCUT2D eigenvalue weighted by Crippen LogP contribution is -2.36. The van der Waals surface area contributed by atoms with Crippen molar-refractivity contribution in [3.8, 4) is 0 Å². The van der Waals surface area contributed by atoms with Crippen molar-refractivity contribution in [3.63, 3.8) is 0 Å². The Kier molecular flexibility index (Phi) is 5.16. The second kappa shape index (κ2) is 7.32. The van der Waals surface area contributed by atoms with Gasteiger partial charge in [0.05, 0.1) is 18.7 Å². The molecular weight excluding hydrogens is 320 g/mol. The third kappa shape index (κ3) is 3.94. The number of thiocarbonyl (C=S) groups is 1. The maximum atomic E-state index is 5.42. The van der Waals surface area contributed by atoms with Crippen LogP contribution in [0.5, 0.6) is 0 Å². The van der Waals surface area contributed by atoms with Gasteiger partial charge >= 0.3 is 0 Å². The molecule has 128 valence electrons. The summed E-state index contributed by atoms with van der Waals surface area (Å²) in [7, 11) is 0. The minimum absolute atomic E-state index is 0.310. The number of pyridine rings is 1. The predicted octanol–water partition coefficient (Wildman–Crippen LogP) is 3.07. The maximum absolute atomic E-state index is 5.42. The number of hydrogen-bond acceptors (Lipinski definition) is 4. The molecule has 0 radical (unpaired) electrons. The number of nitrogens with zero attached hydrogens (tertiary/aromatic N) is 2. The molecule has 0 atom stereocenters. The number of benzene rings is 1. The van der Waals surface area contributed by atoms with Gasteiger partial charge in [-0.3, -0.25) is 0 Å². The summed E-state index contributed by atoms with van der Waals surface area (Å²) in [5, 5.41) is 8.21. The zero-order valence-corrected chi connectivity index (χ0v) is 15.2. The van der Waals surface area contributed by atoms with Crippen LogP contribution in [-0.2, 0) is 4.74 Å². The first-order valence-corrected chi connectivity index (χ1v) is 8.75. The van der Waals surface area contributed by atoms with Gasteiger partial charge in [0.15, 0.2) is 5.11 Å². The monoisotopic (exact) mass is 344 g/mol. The Morgan fingerprint density at radius 1 is 1.25 bits per heavy atom. The summed E-state index contributed by atoms with van der Waals surface area (Å²) in [6, 6.07) is 8.64. The van der Waals surface area contributed by atoms with Crippen molar-refractivity contribution in [3.05, 3.63) is 29.8 Å². The smallest absolute Gasteiger partial charge is 0.170 e. The van der Waals surface area contributed by atoms with Gasteiger partial charge in [-0.15, -0.1) is 0 Å². The molecule has 1 aliphatic rings. The number of anilines is 2. The number of morpholine rings is 1. The molecule has 0 bridgehead atoms. The normalized spacial score (nSPS) is 14.9. The van der Waals surface area contributed by atoms with Crippen LogP contribution in [0, 0.1) is 6.92 Å². The third-order valence-corrected chi connectivity index (χ3v) is 4.23. The van der Waals surface area contributed by atoms with E-state index in [1.165, 1.54) is 5.56 Å². The fraction of sp³-hybridized carbons (Fsp3) is 0.444. The van der Waals surface area contributed by atoms with Crippen molar-refractivity contribution in [1.82, 2.24) is 10.3 Å². The van der Waals surface area contributed by atoms with Crippen LogP contribution in [0.3, 0.4) is 0 Å². The fourth-order valence-corrected chi connectivity index (χ4v) is 3.19. The lowest BCUT2D eigenvalue weighted by atomic mass is 10.1. The first-order valence-electron chi connectivity index (χ1n) is 8.34. The van der Waals surface area contributed by atoms with Crippen LogP contribution in [-0.4, -0.2) is 42.4 Å². The van der Waals surface area contributed by atoms with E-state index in [0.717, 1.165) is 48.7 Å². The molecule has 2 aromatic rings. The summed E-state index contributed by atoms with van der Waals surface area (Å²) in [4.78, 5) is 7.10. The SMILES string of the molecule is Cc1cc(N2CCOCC2)nc2ccc(NC(=S)NC(C)C)cc12. The van der Waals surface area contributed by atoms with Gasteiger partial charge in [0.2, 0.25) is 0 Å². The largest absolute Gasteiger partial charge is 0.378 e. The minimum atomic E-state index is 0.310. The zero-order chi connectivity index (χ0) is 17.1. The van der Waals surface area contributed by atoms with Gasteiger partial charge in [-0.25, -0.2) is 4.98 Å². The molecule has 2 heterocycles. The Morgan fingerprint density at radius 2 is 2.00 bits per heavy atom. The molecule has 1 aliphatic heterocycles. The molecule has 1 aromatic heterocycles. The van der Waals surface area contributed by atoms with Crippen molar-refractivity contribution in [2.45, 2.75) is 26.8 Å². The Hall–Kier alpha value is -1.92. The van der Waals surface area contributed by atoms with Gasteiger partial charge < -0.3 is 20.3 Å². The molecule has 0 spiro atoms. The Bertz CT molecular complexity index is 741. The molecule has 1 fully saturated rings. The molecule has 2 N–H and O–H groups in total. The molecule has 5 nitrogen and oxygen atoms in total. The van der Waals surface area contributed by atoms with E-state index in [9.17, 15) is 0 Å². The van der Waals surface area contributed by atoms with E-state index in [-0.39, 0.29) is 0 Å². The van der Waals surface area contributed by atoms with Crippen LogP contribution < -0.4 is 15.5 Å². The molecule has 1 aromatic carbocycles. The van der Waals surface area contributed by atoms with Crippen LogP contribution in [0.1, 0.15) is 19.4 Å². The van der Waals surface area contributed by atoms with Crippen LogP contribution >= 0.6 is 12.2 Å². The highest BCUT2D eigenvalue weighted by Crippen LogP contribution is 2.25. The summed E-state index contributed by atoms with van der Waals surface area (Å²) < 4.78 is 5.42. The van der Waals surface area contributed by atoms with Crippen molar-refractivity contribution in [1.29, 1.82) is 0 Å². The van der Waals surface area contributed by atoms with E-state index in [1.54, 1.807) is 0 Å². The van der Waals surface area contributed by atoms with Crippen molar-refractivity contribution < 1.29 is 4.74 Å². The van der Waals surface area contributed by atoms with Crippen molar-refractivity contribution in [2.75, 3.05) is 36.5 Å². The van der Waals surface area contributed by atoms with Crippen LogP contribution in [0.4, 0.5) is 11.5 Å².